The molecule has 0 amide bonds. The van der Waals surface area contributed by atoms with E-state index in [4.69, 9.17) is 14.2 Å². The third kappa shape index (κ3) is 60.4. The van der Waals surface area contributed by atoms with Crippen LogP contribution in [0.3, 0.4) is 0 Å². The molecule has 1 unspecified atom stereocenters. The van der Waals surface area contributed by atoms with E-state index in [0.717, 1.165) is 135 Å². The zero-order chi connectivity index (χ0) is 55.0. The van der Waals surface area contributed by atoms with Crippen LogP contribution in [-0.2, 0) is 28.6 Å². The molecule has 0 aromatic rings. The maximum absolute atomic E-state index is 12.8. The van der Waals surface area contributed by atoms with Crippen LogP contribution >= 0.6 is 0 Å². The fraction of sp³-hybridized carbons (Fsp3) is 0.643. The van der Waals surface area contributed by atoms with Crippen molar-refractivity contribution in [1.82, 2.24) is 0 Å². The highest BCUT2D eigenvalue weighted by molar-refractivity contribution is 5.71. The van der Waals surface area contributed by atoms with Crippen LogP contribution in [0.25, 0.3) is 0 Å². The van der Waals surface area contributed by atoms with Crippen LogP contribution in [-0.4, -0.2) is 37.2 Å². The van der Waals surface area contributed by atoms with Gasteiger partial charge in [-0.2, -0.15) is 0 Å². The van der Waals surface area contributed by atoms with Crippen molar-refractivity contribution in [2.24, 2.45) is 0 Å². The Morgan fingerprint density at radius 1 is 0.276 bits per heavy atom. The smallest absolute Gasteiger partial charge is 0.306 e. The molecule has 0 aliphatic heterocycles. The van der Waals surface area contributed by atoms with Gasteiger partial charge >= 0.3 is 17.9 Å². The Kier molecular flexibility index (Phi) is 59.4. The Hall–Kier alpha value is -4.45. The molecule has 0 bridgehead atoms. The number of esters is 3. The van der Waals surface area contributed by atoms with Crippen LogP contribution < -0.4 is 0 Å². The van der Waals surface area contributed by atoms with Crippen molar-refractivity contribution in [2.45, 2.75) is 277 Å². The third-order valence-electron chi connectivity index (χ3n) is 12.9. The lowest BCUT2D eigenvalue weighted by molar-refractivity contribution is -0.167. The number of carbonyl (C=O) groups excluding carboxylic acids is 3. The summed E-state index contributed by atoms with van der Waals surface area (Å²) in [4.78, 5) is 38.1. The molecule has 6 heteroatoms. The molecule has 430 valence electrons. The highest BCUT2D eigenvalue weighted by atomic mass is 16.6. The molecule has 76 heavy (non-hydrogen) atoms. The molecule has 0 spiro atoms. The standard InChI is InChI=1S/C70H114O6/c1-4-7-10-13-16-19-22-24-26-27-28-29-30-31-32-33-34-35-36-37-38-39-40-41-42-43-45-46-48-51-54-57-60-63-69(72)75-66-67(65-74-68(71)62-59-56-53-50-21-18-15-12-9-6-3)76-70(73)64-61-58-55-52-49-47-44-25-23-20-17-14-11-8-5-2/h7,10,12,15-16,19,24,26,28-29,31-32,34-35,37-38,40-41,43,45,48,51,67H,4-6,8-9,11,13-14,17-18,20-23,25,27,30,33,36,39,42,44,46-47,49-50,52-66H2,1-3H3/b10-7-,15-12-,19-16-,26-24-,29-28-,32-31-,35-34-,38-37-,41-40-,45-43-,51-48-. The summed E-state index contributed by atoms with van der Waals surface area (Å²) in [5, 5.41) is 0. The summed E-state index contributed by atoms with van der Waals surface area (Å²) >= 11 is 0. The lowest BCUT2D eigenvalue weighted by Gasteiger charge is -2.18. The monoisotopic (exact) mass is 1050 g/mol. The predicted octanol–water partition coefficient (Wildman–Crippen LogP) is 21.4. The Labute approximate surface area is 468 Å². The molecule has 0 fully saturated rings. The normalized spacial score (nSPS) is 13.0. The highest BCUT2D eigenvalue weighted by Gasteiger charge is 2.19. The van der Waals surface area contributed by atoms with Crippen molar-refractivity contribution < 1.29 is 28.6 Å². The van der Waals surface area contributed by atoms with E-state index in [-0.39, 0.29) is 31.1 Å². The minimum Gasteiger partial charge on any atom is -0.462 e. The molecule has 0 radical (unpaired) electrons. The number of unbranched alkanes of at least 4 members (excludes halogenated alkanes) is 22. The van der Waals surface area contributed by atoms with E-state index in [2.05, 4.69) is 154 Å². The third-order valence-corrected chi connectivity index (χ3v) is 12.9. The first-order valence-corrected chi connectivity index (χ1v) is 31.2. The van der Waals surface area contributed by atoms with Gasteiger partial charge in [0.2, 0.25) is 0 Å². The van der Waals surface area contributed by atoms with Crippen molar-refractivity contribution in [3.05, 3.63) is 134 Å². The molecule has 6 nitrogen and oxygen atoms in total. The summed E-state index contributed by atoms with van der Waals surface area (Å²) in [5.41, 5.74) is 0. The number of ether oxygens (including phenoxy) is 3. The van der Waals surface area contributed by atoms with Gasteiger partial charge in [-0.3, -0.25) is 14.4 Å². The van der Waals surface area contributed by atoms with Crippen molar-refractivity contribution in [3.63, 3.8) is 0 Å². The van der Waals surface area contributed by atoms with E-state index in [1.807, 2.05) is 0 Å². The van der Waals surface area contributed by atoms with E-state index in [1.54, 1.807) is 0 Å². The summed E-state index contributed by atoms with van der Waals surface area (Å²) in [7, 11) is 0. The first-order valence-electron chi connectivity index (χ1n) is 31.2. The Bertz CT molecular complexity index is 1630. The predicted molar refractivity (Wildman–Crippen MR) is 329 cm³/mol. The van der Waals surface area contributed by atoms with E-state index >= 15 is 0 Å². The Morgan fingerprint density at radius 3 is 0.895 bits per heavy atom. The maximum atomic E-state index is 12.8. The molecule has 0 saturated carbocycles. The van der Waals surface area contributed by atoms with Crippen molar-refractivity contribution in [3.8, 4) is 0 Å². The van der Waals surface area contributed by atoms with Gasteiger partial charge in [-0.15, -0.1) is 0 Å². The minimum absolute atomic E-state index is 0.0972. The number of hydrogen-bond donors (Lipinski definition) is 0. The second-order valence-electron chi connectivity index (χ2n) is 20.2. The average Bonchev–Trinajstić information content (AvgIpc) is 3.42. The van der Waals surface area contributed by atoms with Gasteiger partial charge in [-0.25, -0.2) is 0 Å². The van der Waals surface area contributed by atoms with Gasteiger partial charge < -0.3 is 14.2 Å². The Balaban J connectivity index is 4.32. The van der Waals surface area contributed by atoms with Crippen LogP contribution in [0.1, 0.15) is 271 Å². The molecule has 0 aromatic carbocycles. The zero-order valence-electron chi connectivity index (χ0n) is 49.2. The molecule has 0 rings (SSSR count). The second kappa shape index (κ2) is 63.1. The maximum Gasteiger partial charge on any atom is 0.306 e. The van der Waals surface area contributed by atoms with E-state index < -0.39 is 6.10 Å². The average molecular weight is 1050 g/mol. The van der Waals surface area contributed by atoms with Gasteiger partial charge in [0, 0.05) is 19.3 Å². The molecule has 0 aromatic heterocycles. The SMILES string of the molecule is CC/C=C\C/C=C\C/C=C\C/C=C\C/C=C\C/C=C\C/C=C\C/C=C\C/C=C\C/C=C\CCCCC(=O)OCC(COC(=O)CCCCCCC/C=C\CCC)OC(=O)CCCCCCCCCCCCCCCCC. The Morgan fingerprint density at radius 2 is 0.539 bits per heavy atom. The largest absolute Gasteiger partial charge is 0.462 e. The molecule has 0 aliphatic carbocycles. The molecule has 0 saturated heterocycles. The summed E-state index contributed by atoms with van der Waals surface area (Å²) in [6.07, 6.45) is 89.0. The van der Waals surface area contributed by atoms with Gasteiger partial charge in [0.1, 0.15) is 13.2 Å². The van der Waals surface area contributed by atoms with Gasteiger partial charge in [-0.05, 0) is 116 Å². The summed E-state index contributed by atoms with van der Waals surface area (Å²) in [5.74, 6) is -0.952. The van der Waals surface area contributed by atoms with Gasteiger partial charge in [0.15, 0.2) is 6.10 Å². The van der Waals surface area contributed by atoms with Gasteiger partial charge in [0.25, 0.3) is 0 Å². The van der Waals surface area contributed by atoms with Crippen LogP contribution in [0.2, 0.25) is 0 Å². The molecule has 1 atom stereocenters. The van der Waals surface area contributed by atoms with Gasteiger partial charge in [0.05, 0.1) is 0 Å². The van der Waals surface area contributed by atoms with Crippen molar-refractivity contribution >= 4 is 17.9 Å². The molecule has 0 aliphatic rings. The highest BCUT2D eigenvalue weighted by Crippen LogP contribution is 2.15. The number of rotatable bonds is 55. The molecule has 0 heterocycles. The van der Waals surface area contributed by atoms with E-state index in [9.17, 15) is 14.4 Å². The first kappa shape index (κ1) is 71.5. The van der Waals surface area contributed by atoms with Crippen LogP contribution in [0.15, 0.2) is 134 Å². The second-order valence-corrected chi connectivity index (χ2v) is 20.2. The number of hydrogen-bond acceptors (Lipinski definition) is 6. The van der Waals surface area contributed by atoms with Gasteiger partial charge in [-0.1, -0.05) is 270 Å². The number of carbonyl (C=O) groups is 3. The quantitative estimate of drug-likeness (QED) is 0.0261. The first-order chi connectivity index (χ1) is 37.5. The summed E-state index contributed by atoms with van der Waals surface area (Å²) < 4.78 is 16.8. The molecule has 0 N–H and O–H groups in total. The lowest BCUT2D eigenvalue weighted by atomic mass is 10.0. The lowest BCUT2D eigenvalue weighted by Crippen LogP contribution is -2.30. The summed E-state index contributed by atoms with van der Waals surface area (Å²) in [6.45, 7) is 6.42. The van der Waals surface area contributed by atoms with Crippen molar-refractivity contribution in [1.29, 1.82) is 0 Å². The fourth-order valence-corrected chi connectivity index (χ4v) is 8.24. The fourth-order valence-electron chi connectivity index (χ4n) is 8.24. The summed E-state index contributed by atoms with van der Waals surface area (Å²) in [6, 6.07) is 0. The van der Waals surface area contributed by atoms with Crippen LogP contribution in [0.5, 0.6) is 0 Å². The zero-order valence-corrected chi connectivity index (χ0v) is 49.2. The van der Waals surface area contributed by atoms with Crippen LogP contribution in [0, 0.1) is 0 Å². The minimum atomic E-state index is -0.801. The molecular weight excluding hydrogens is 937 g/mol. The van der Waals surface area contributed by atoms with E-state index in [1.165, 1.54) is 89.9 Å². The molecular formula is C70H114O6. The van der Waals surface area contributed by atoms with Crippen molar-refractivity contribution in [2.75, 3.05) is 13.2 Å². The van der Waals surface area contributed by atoms with E-state index in [0.29, 0.717) is 25.7 Å². The number of allylic oxidation sites excluding steroid dienone is 22. The van der Waals surface area contributed by atoms with Crippen LogP contribution in [0.4, 0.5) is 0 Å². The topological polar surface area (TPSA) is 78.9 Å².